The fraction of sp³-hybridized carbons (Fsp3) is 0.375. The zero-order chi connectivity index (χ0) is 22.3. The van der Waals surface area contributed by atoms with Crippen LogP contribution in [0.15, 0.2) is 12.1 Å². The van der Waals surface area contributed by atoms with Crippen LogP contribution in [0.1, 0.15) is 40.9 Å². The number of pyridine rings is 1. The van der Waals surface area contributed by atoms with Crippen LogP contribution in [0.4, 0.5) is 4.39 Å². The number of rotatable bonds is 6. The number of aliphatic carboxylic acids is 1. The number of carbonyl (C=O) groups excluding carboxylic acids is 1. The van der Waals surface area contributed by atoms with Gasteiger partial charge >= 0.3 is 5.97 Å². The summed E-state index contributed by atoms with van der Waals surface area (Å²) in [5.74, 6) is -1.10. The first kappa shape index (κ1) is 21.0. The third kappa shape index (κ3) is 3.58. The quantitative estimate of drug-likeness (QED) is 0.603. The van der Waals surface area contributed by atoms with Crippen molar-refractivity contribution in [1.29, 1.82) is 0 Å². The Bertz CT molecular complexity index is 1210. The number of hydrogen-bond acceptors (Lipinski definition) is 4. The summed E-state index contributed by atoms with van der Waals surface area (Å²) in [5, 5.41) is 10.3. The summed E-state index contributed by atoms with van der Waals surface area (Å²) in [5.41, 5.74) is 5.88. The zero-order valence-electron chi connectivity index (χ0n) is 17.9. The van der Waals surface area contributed by atoms with Gasteiger partial charge in [-0.1, -0.05) is 0 Å². The molecule has 0 spiro atoms. The minimum Gasteiger partial charge on any atom is -0.490 e. The molecule has 0 atom stereocenters. The van der Waals surface area contributed by atoms with Crippen molar-refractivity contribution >= 4 is 23.3 Å². The Kier molecular flexibility index (Phi) is 5.52. The minimum absolute atomic E-state index is 0.211. The maximum absolute atomic E-state index is 15.0. The largest absolute Gasteiger partial charge is 0.490 e. The van der Waals surface area contributed by atoms with Crippen LogP contribution in [0.2, 0.25) is 0 Å². The van der Waals surface area contributed by atoms with Crippen LogP contribution in [0.25, 0.3) is 22.2 Å². The Morgan fingerprint density at radius 3 is 2.84 bits per heavy atom. The van der Waals surface area contributed by atoms with Gasteiger partial charge in [0.1, 0.15) is 11.9 Å². The van der Waals surface area contributed by atoms with Crippen LogP contribution in [0, 0.1) is 19.7 Å². The number of halogens is 1. The number of carboxylic acid groups (broad SMARTS) is 1. The van der Waals surface area contributed by atoms with E-state index < -0.39 is 11.8 Å². The second-order valence-electron chi connectivity index (χ2n) is 8.05. The number of fused-ring (bicyclic) bond motifs is 2. The molecule has 1 aliphatic heterocycles. The number of aromatic nitrogens is 2. The van der Waals surface area contributed by atoms with Gasteiger partial charge in [0.05, 0.1) is 13.0 Å². The van der Waals surface area contributed by atoms with Crippen molar-refractivity contribution in [3.8, 4) is 16.9 Å². The van der Waals surface area contributed by atoms with Crippen LogP contribution in [-0.2, 0) is 35.9 Å². The van der Waals surface area contributed by atoms with E-state index in [1.54, 1.807) is 6.92 Å². The summed E-state index contributed by atoms with van der Waals surface area (Å²) in [6, 6.07) is 3.40. The fourth-order valence-electron chi connectivity index (χ4n) is 4.57. The molecule has 162 valence electrons. The molecule has 1 aromatic carbocycles. The lowest BCUT2D eigenvalue weighted by Gasteiger charge is -2.23. The number of carboxylic acids is 1. The lowest BCUT2D eigenvalue weighted by Crippen LogP contribution is -2.13. The van der Waals surface area contributed by atoms with Gasteiger partial charge in [0.2, 0.25) is 0 Å². The Balaban J connectivity index is 2.07. The van der Waals surface area contributed by atoms with E-state index in [-0.39, 0.29) is 6.42 Å². The normalized spacial score (nSPS) is 13.2. The number of nitrogens with zero attached hydrogens (tertiary/aromatic N) is 2. The third-order valence-corrected chi connectivity index (χ3v) is 6.13. The van der Waals surface area contributed by atoms with E-state index in [2.05, 4.69) is 4.98 Å². The fourth-order valence-corrected chi connectivity index (χ4v) is 4.57. The summed E-state index contributed by atoms with van der Waals surface area (Å²) in [4.78, 5) is 27.2. The number of hydrogen-bond donors (Lipinski definition) is 1. The molecular formula is C24H25FN2O4. The summed E-state index contributed by atoms with van der Waals surface area (Å²) in [6.45, 7) is 4.21. The van der Waals surface area contributed by atoms with Crippen molar-refractivity contribution in [2.45, 2.75) is 46.0 Å². The molecule has 3 aromatic rings. The van der Waals surface area contributed by atoms with E-state index >= 15 is 4.39 Å². The van der Waals surface area contributed by atoms with Gasteiger partial charge in [-0.05, 0) is 67.5 Å². The van der Waals surface area contributed by atoms with Crippen LogP contribution in [0.5, 0.6) is 5.75 Å². The molecule has 1 N–H and O–H groups in total. The van der Waals surface area contributed by atoms with E-state index in [0.717, 1.165) is 34.9 Å². The van der Waals surface area contributed by atoms with Crippen molar-refractivity contribution in [1.82, 2.24) is 9.55 Å². The summed E-state index contributed by atoms with van der Waals surface area (Å²) >= 11 is 0. The van der Waals surface area contributed by atoms with Gasteiger partial charge in [-0.3, -0.25) is 4.79 Å². The van der Waals surface area contributed by atoms with E-state index in [9.17, 15) is 14.7 Å². The number of aldehydes is 1. The lowest BCUT2D eigenvalue weighted by atomic mass is 9.87. The van der Waals surface area contributed by atoms with E-state index in [1.807, 2.05) is 24.6 Å². The van der Waals surface area contributed by atoms with Gasteiger partial charge in [0.25, 0.3) is 0 Å². The number of ether oxygens (including phenoxy) is 1. The number of aryl methyl sites for hydroxylation is 3. The predicted octanol–water partition coefficient (Wildman–Crippen LogP) is 4.08. The highest BCUT2D eigenvalue weighted by atomic mass is 19.1. The second kappa shape index (κ2) is 8.13. The molecule has 0 amide bonds. The number of carbonyl (C=O) groups is 2. The molecule has 0 radical (unpaired) electrons. The van der Waals surface area contributed by atoms with Gasteiger partial charge < -0.3 is 19.2 Å². The monoisotopic (exact) mass is 424 g/mol. The first-order chi connectivity index (χ1) is 14.8. The highest BCUT2D eigenvalue weighted by molar-refractivity contribution is 5.98. The summed E-state index contributed by atoms with van der Waals surface area (Å²) < 4.78 is 22.5. The van der Waals surface area contributed by atoms with Crippen molar-refractivity contribution in [2.75, 3.05) is 6.61 Å². The molecule has 6 nitrogen and oxygen atoms in total. The first-order valence-corrected chi connectivity index (χ1v) is 10.4. The molecule has 7 heteroatoms. The molecule has 3 heterocycles. The molecule has 0 fully saturated rings. The molecule has 4 rings (SSSR count). The van der Waals surface area contributed by atoms with Crippen molar-refractivity contribution < 1.29 is 23.8 Å². The van der Waals surface area contributed by atoms with Crippen molar-refractivity contribution in [3.05, 3.63) is 46.0 Å². The average Bonchev–Trinajstić information content (AvgIpc) is 3.05. The Hall–Kier alpha value is -3.22. The number of benzene rings is 1. The molecule has 0 saturated heterocycles. The smallest absolute Gasteiger partial charge is 0.307 e. The van der Waals surface area contributed by atoms with E-state index in [1.165, 1.54) is 6.07 Å². The molecule has 2 aromatic heterocycles. The van der Waals surface area contributed by atoms with Gasteiger partial charge in [-0.25, -0.2) is 9.37 Å². The first-order valence-electron chi connectivity index (χ1n) is 10.4. The lowest BCUT2D eigenvalue weighted by molar-refractivity contribution is -0.136. The topological polar surface area (TPSA) is 81.4 Å². The molecular weight excluding hydrogens is 399 g/mol. The van der Waals surface area contributed by atoms with Gasteiger partial charge in [0, 0.05) is 35.8 Å². The summed E-state index contributed by atoms with van der Waals surface area (Å²) in [6.07, 6.45) is 3.11. The van der Waals surface area contributed by atoms with Gasteiger partial charge in [-0.15, -0.1) is 0 Å². The highest BCUT2D eigenvalue weighted by Crippen LogP contribution is 2.42. The van der Waals surface area contributed by atoms with Crippen LogP contribution < -0.4 is 4.74 Å². The van der Waals surface area contributed by atoms with Crippen molar-refractivity contribution in [3.63, 3.8) is 0 Å². The van der Waals surface area contributed by atoms with E-state index in [0.29, 0.717) is 59.7 Å². The Morgan fingerprint density at radius 1 is 1.35 bits per heavy atom. The molecule has 0 saturated carbocycles. The predicted molar refractivity (Wildman–Crippen MR) is 115 cm³/mol. The van der Waals surface area contributed by atoms with E-state index in [4.69, 9.17) is 4.74 Å². The molecule has 0 aliphatic carbocycles. The minimum atomic E-state index is -0.970. The molecule has 0 unspecified atom stereocenters. The maximum Gasteiger partial charge on any atom is 0.307 e. The maximum atomic E-state index is 15.0. The van der Waals surface area contributed by atoms with Gasteiger partial charge in [0.15, 0.2) is 11.6 Å². The molecule has 1 aliphatic rings. The Morgan fingerprint density at radius 2 is 2.13 bits per heavy atom. The van der Waals surface area contributed by atoms with Crippen LogP contribution >= 0.6 is 0 Å². The molecule has 31 heavy (non-hydrogen) atoms. The average molecular weight is 424 g/mol. The van der Waals surface area contributed by atoms with Crippen LogP contribution in [-0.4, -0.2) is 33.5 Å². The van der Waals surface area contributed by atoms with Crippen LogP contribution in [0.3, 0.4) is 0 Å². The van der Waals surface area contributed by atoms with Gasteiger partial charge in [-0.2, -0.15) is 0 Å². The Labute approximate surface area is 179 Å². The zero-order valence-corrected chi connectivity index (χ0v) is 17.9. The summed E-state index contributed by atoms with van der Waals surface area (Å²) in [7, 11) is 1.88. The van der Waals surface area contributed by atoms with Crippen molar-refractivity contribution in [2.24, 2.45) is 7.05 Å². The highest BCUT2D eigenvalue weighted by Gasteiger charge is 2.26. The third-order valence-electron chi connectivity index (χ3n) is 6.13. The molecule has 0 bridgehead atoms. The SMILES string of the molecule is Cc1nc2c(cc(CCC=O)n2C)c(-c2cc(F)c3c(c2C)CCCO3)c1CC(=O)O. The standard InChI is InChI=1S/C24H25FN2O4/c1-13-16-7-5-9-31-23(16)20(25)11-17(13)22-18(12-21(29)30)14(2)26-24-19(22)10-15(27(24)3)6-4-8-28/h8,10-11H,4-7,9,12H2,1-3H3,(H,29,30). The second-order valence-corrected chi connectivity index (χ2v) is 8.05.